The summed E-state index contributed by atoms with van der Waals surface area (Å²) < 4.78 is 0. The van der Waals surface area contributed by atoms with Crippen molar-refractivity contribution in [2.24, 2.45) is 0 Å². The summed E-state index contributed by atoms with van der Waals surface area (Å²) in [5.41, 5.74) is -0.661. The van der Waals surface area contributed by atoms with Crippen molar-refractivity contribution >= 4 is 40.6 Å². The van der Waals surface area contributed by atoms with Crippen molar-refractivity contribution in [2.45, 2.75) is 0 Å². The molecule has 2 aromatic rings. The summed E-state index contributed by atoms with van der Waals surface area (Å²) in [5.74, 6) is -0.555. The van der Waals surface area contributed by atoms with Gasteiger partial charge in [0.25, 0.3) is 11.6 Å². The molecule has 0 aliphatic heterocycles. The highest BCUT2D eigenvalue weighted by molar-refractivity contribution is 6.30. The number of pyridine rings is 2. The van der Waals surface area contributed by atoms with Crippen LogP contribution in [0.2, 0.25) is 10.3 Å². The average molecular weight is 313 g/mol. The number of nitrogens with zero attached hydrogens (tertiary/aromatic N) is 3. The van der Waals surface area contributed by atoms with Crippen molar-refractivity contribution in [3.63, 3.8) is 0 Å². The molecule has 0 radical (unpaired) electrons. The molecule has 2 aromatic heterocycles. The third-order valence-corrected chi connectivity index (χ3v) is 2.66. The average Bonchev–Trinajstić information content (AvgIpc) is 2.38. The Hall–Kier alpha value is -2.25. The molecule has 0 bridgehead atoms. The highest BCUT2D eigenvalue weighted by Gasteiger charge is 2.21. The van der Waals surface area contributed by atoms with Crippen LogP contribution in [0.25, 0.3) is 0 Å². The van der Waals surface area contributed by atoms with Crippen molar-refractivity contribution in [3.05, 3.63) is 56.4 Å². The lowest BCUT2D eigenvalue weighted by Gasteiger charge is -2.05. The monoisotopic (exact) mass is 312 g/mol. The predicted molar refractivity (Wildman–Crippen MR) is 73.1 cm³/mol. The Morgan fingerprint density at radius 3 is 2.70 bits per heavy atom. The molecular formula is C11H6Cl2N4O3. The Morgan fingerprint density at radius 2 is 2.05 bits per heavy atom. The van der Waals surface area contributed by atoms with E-state index in [0.717, 1.165) is 12.3 Å². The molecule has 1 N–H and O–H groups in total. The lowest BCUT2D eigenvalue weighted by atomic mass is 10.2. The van der Waals surface area contributed by atoms with Crippen LogP contribution in [0.4, 0.5) is 11.5 Å². The lowest BCUT2D eigenvalue weighted by molar-refractivity contribution is -0.385. The first kappa shape index (κ1) is 14.2. The number of carbonyl (C=O) groups excluding carboxylic acids is 1. The standard InChI is InChI=1S/C11H6Cl2N4O3/c12-8-2-1-3-10(15-8)16-11(18)6-4-9(13)14-5-7(6)17(19)20/h1-5H,(H,15,16,18). The fraction of sp³-hybridized carbons (Fsp3) is 0. The molecule has 0 aromatic carbocycles. The Morgan fingerprint density at radius 1 is 1.30 bits per heavy atom. The van der Waals surface area contributed by atoms with Gasteiger partial charge in [0.1, 0.15) is 27.9 Å². The number of aromatic nitrogens is 2. The third-order valence-electron chi connectivity index (χ3n) is 2.25. The van der Waals surface area contributed by atoms with Crippen LogP contribution >= 0.6 is 23.2 Å². The molecule has 0 aliphatic rings. The summed E-state index contributed by atoms with van der Waals surface area (Å²) in [4.78, 5) is 29.6. The van der Waals surface area contributed by atoms with Crippen molar-refractivity contribution < 1.29 is 9.72 Å². The van der Waals surface area contributed by atoms with Crippen LogP contribution in [-0.4, -0.2) is 20.8 Å². The van der Waals surface area contributed by atoms with Gasteiger partial charge in [-0.3, -0.25) is 14.9 Å². The zero-order chi connectivity index (χ0) is 14.7. The van der Waals surface area contributed by atoms with E-state index in [9.17, 15) is 14.9 Å². The van der Waals surface area contributed by atoms with E-state index >= 15 is 0 Å². The van der Waals surface area contributed by atoms with E-state index in [4.69, 9.17) is 23.2 Å². The molecule has 0 spiro atoms. The second-order valence-electron chi connectivity index (χ2n) is 3.58. The molecule has 0 aliphatic carbocycles. The zero-order valence-corrected chi connectivity index (χ0v) is 11.2. The van der Waals surface area contributed by atoms with Crippen molar-refractivity contribution in [1.82, 2.24) is 9.97 Å². The van der Waals surface area contributed by atoms with Gasteiger partial charge in [-0.1, -0.05) is 29.3 Å². The maximum absolute atomic E-state index is 12.0. The number of anilines is 1. The van der Waals surface area contributed by atoms with Crippen LogP contribution < -0.4 is 5.32 Å². The smallest absolute Gasteiger partial charge is 0.300 e. The summed E-state index contributed by atoms with van der Waals surface area (Å²) in [6.45, 7) is 0. The van der Waals surface area contributed by atoms with Gasteiger partial charge in [-0.05, 0) is 18.2 Å². The SMILES string of the molecule is O=C(Nc1cccc(Cl)n1)c1cc(Cl)ncc1[N+](=O)[O-]. The third kappa shape index (κ3) is 3.19. The molecule has 0 unspecified atom stereocenters. The molecule has 0 saturated heterocycles. The first-order valence-electron chi connectivity index (χ1n) is 5.21. The summed E-state index contributed by atoms with van der Waals surface area (Å²) >= 11 is 11.3. The molecule has 7 nitrogen and oxygen atoms in total. The molecule has 0 fully saturated rings. The number of rotatable bonds is 3. The first-order valence-corrected chi connectivity index (χ1v) is 5.97. The molecule has 102 valence electrons. The van der Waals surface area contributed by atoms with Gasteiger partial charge in [0.15, 0.2) is 0 Å². The van der Waals surface area contributed by atoms with Crippen LogP contribution in [0.15, 0.2) is 30.5 Å². The molecule has 2 heterocycles. The van der Waals surface area contributed by atoms with Gasteiger partial charge in [0.05, 0.1) is 4.92 Å². The van der Waals surface area contributed by atoms with Crippen molar-refractivity contribution in [2.75, 3.05) is 5.32 Å². The van der Waals surface area contributed by atoms with Crippen LogP contribution in [0.5, 0.6) is 0 Å². The molecule has 0 saturated carbocycles. The fourth-order valence-corrected chi connectivity index (χ4v) is 1.73. The zero-order valence-electron chi connectivity index (χ0n) is 9.71. The first-order chi connectivity index (χ1) is 9.47. The van der Waals surface area contributed by atoms with Crippen molar-refractivity contribution in [1.29, 1.82) is 0 Å². The second kappa shape index (κ2) is 5.81. The normalized spacial score (nSPS) is 10.1. The number of halogens is 2. The van der Waals surface area contributed by atoms with E-state index < -0.39 is 16.5 Å². The topological polar surface area (TPSA) is 98.0 Å². The molecule has 1 amide bonds. The number of hydrogen-bond acceptors (Lipinski definition) is 5. The molecular weight excluding hydrogens is 307 g/mol. The summed E-state index contributed by atoms with van der Waals surface area (Å²) in [7, 11) is 0. The predicted octanol–water partition coefficient (Wildman–Crippen LogP) is 2.94. The Labute approximate surface area is 122 Å². The van der Waals surface area contributed by atoms with Gasteiger partial charge in [-0.15, -0.1) is 0 Å². The second-order valence-corrected chi connectivity index (χ2v) is 4.36. The number of nitrogens with one attached hydrogen (secondary N) is 1. The number of carbonyl (C=O) groups is 1. The maximum atomic E-state index is 12.0. The Bertz CT molecular complexity index is 693. The van der Waals surface area contributed by atoms with Crippen LogP contribution in [-0.2, 0) is 0 Å². The summed E-state index contributed by atoms with van der Waals surface area (Å²) in [5, 5.41) is 13.4. The number of hydrogen-bond donors (Lipinski definition) is 1. The Balaban J connectivity index is 2.34. The van der Waals surface area contributed by atoms with Gasteiger partial charge in [0, 0.05) is 0 Å². The van der Waals surface area contributed by atoms with Gasteiger partial charge in [0.2, 0.25) is 0 Å². The lowest BCUT2D eigenvalue weighted by Crippen LogP contribution is -2.15. The van der Waals surface area contributed by atoms with E-state index in [0.29, 0.717) is 0 Å². The minimum Gasteiger partial charge on any atom is -0.306 e. The van der Waals surface area contributed by atoms with Gasteiger partial charge in [-0.25, -0.2) is 9.97 Å². The highest BCUT2D eigenvalue weighted by atomic mass is 35.5. The summed E-state index contributed by atoms with van der Waals surface area (Å²) in [6.07, 6.45) is 0.919. The Kier molecular flexibility index (Phi) is 4.11. The molecule has 2 rings (SSSR count). The van der Waals surface area contributed by atoms with Crippen LogP contribution in [0.3, 0.4) is 0 Å². The van der Waals surface area contributed by atoms with Crippen LogP contribution in [0.1, 0.15) is 10.4 Å². The highest BCUT2D eigenvalue weighted by Crippen LogP contribution is 2.21. The van der Waals surface area contributed by atoms with Gasteiger partial charge in [-0.2, -0.15) is 0 Å². The maximum Gasteiger partial charge on any atom is 0.300 e. The largest absolute Gasteiger partial charge is 0.306 e. The molecule has 9 heteroatoms. The fourth-order valence-electron chi connectivity index (χ4n) is 1.41. The van der Waals surface area contributed by atoms with Crippen molar-refractivity contribution in [3.8, 4) is 0 Å². The van der Waals surface area contributed by atoms with E-state index in [1.54, 1.807) is 6.07 Å². The number of amides is 1. The van der Waals surface area contributed by atoms with Gasteiger partial charge >= 0.3 is 0 Å². The van der Waals surface area contributed by atoms with Crippen LogP contribution in [0, 0.1) is 10.1 Å². The molecule has 0 atom stereocenters. The number of nitro groups is 1. The molecule has 20 heavy (non-hydrogen) atoms. The van der Waals surface area contributed by atoms with E-state index in [2.05, 4.69) is 15.3 Å². The van der Waals surface area contributed by atoms with E-state index in [1.807, 2.05) is 0 Å². The van der Waals surface area contributed by atoms with Gasteiger partial charge < -0.3 is 5.32 Å². The minimum absolute atomic E-state index is 0.0280. The van der Waals surface area contributed by atoms with E-state index in [1.165, 1.54) is 12.1 Å². The van der Waals surface area contributed by atoms with E-state index in [-0.39, 0.29) is 21.7 Å². The minimum atomic E-state index is -0.726. The quantitative estimate of drug-likeness (QED) is 0.533. The summed E-state index contributed by atoms with van der Waals surface area (Å²) in [6, 6.07) is 5.72.